The fourth-order valence-electron chi connectivity index (χ4n) is 1.91. The standard InChI is InChI=1S/C17H17FN2O3/c1-11-3-6-13(18)9-15(11)20-17(22)16(21)19-10-12-4-7-14(23-2)8-5-12/h3-9H,10H2,1-2H3,(H,19,21)(H,20,22). The van der Waals surface area contributed by atoms with Crippen molar-refractivity contribution in [2.45, 2.75) is 13.5 Å². The van der Waals surface area contributed by atoms with Crippen molar-refractivity contribution in [1.82, 2.24) is 5.32 Å². The molecule has 0 fully saturated rings. The van der Waals surface area contributed by atoms with E-state index in [9.17, 15) is 14.0 Å². The summed E-state index contributed by atoms with van der Waals surface area (Å²) in [6.45, 7) is 1.92. The van der Waals surface area contributed by atoms with E-state index in [4.69, 9.17) is 4.74 Å². The number of ether oxygens (including phenoxy) is 1. The van der Waals surface area contributed by atoms with Gasteiger partial charge in [-0.15, -0.1) is 0 Å². The molecular weight excluding hydrogens is 299 g/mol. The summed E-state index contributed by atoms with van der Waals surface area (Å²) in [7, 11) is 1.57. The average Bonchev–Trinajstić information content (AvgIpc) is 2.56. The first-order valence-corrected chi connectivity index (χ1v) is 6.98. The first kappa shape index (κ1) is 16.5. The fraction of sp³-hybridized carbons (Fsp3) is 0.176. The Hall–Kier alpha value is -2.89. The van der Waals surface area contributed by atoms with Gasteiger partial charge in [-0.2, -0.15) is 0 Å². The van der Waals surface area contributed by atoms with Gasteiger partial charge in [-0.25, -0.2) is 4.39 Å². The molecule has 0 aromatic heterocycles. The van der Waals surface area contributed by atoms with Crippen molar-refractivity contribution >= 4 is 17.5 Å². The highest BCUT2D eigenvalue weighted by Crippen LogP contribution is 2.15. The predicted molar refractivity (Wildman–Crippen MR) is 84.6 cm³/mol. The van der Waals surface area contributed by atoms with Crippen LogP contribution in [0.2, 0.25) is 0 Å². The van der Waals surface area contributed by atoms with Crippen LogP contribution in [0.5, 0.6) is 5.75 Å². The molecule has 23 heavy (non-hydrogen) atoms. The maximum Gasteiger partial charge on any atom is 0.313 e. The van der Waals surface area contributed by atoms with Crippen molar-refractivity contribution in [3.05, 3.63) is 59.4 Å². The molecule has 0 spiro atoms. The highest BCUT2D eigenvalue weighted by molar-refractivity contribution is 6.39. The Kier molecular flexibility index (Phi) is 5.30. The molecule has 0 heterocycles. The number of benzene rings is 2. The minimum atomic E-state index is -0.841. The molecule has 0 unspecified atom stereocenters. The van der Waals surface area contributed by atoms with E-state index < -0.39 is 17.6 Å². The van der Waals surface area contributed by atoms with Crippen LogP contribution in [0.15, 0.2) is 42.5 Å². The van der Waals surface area contributed by atoms with Crippen LogP contribution in [-0.4, -0.2) is 18.9 Å². The maximum absolute atomic E-state index is 13.2. The van der Waals surface area contributed by atoms with Crippen LogP contribution in [0.25, 0.3) is 0 Å². The molecule has 0 aliphatic carbocycles. The number of anilines is 1. The van der Waals surface area contributed by atoms with Gasteiger partial charge in [0.15, 0.2) is 0 Å². The second kappa shape index (κ2) is 7.40. The third kappa shape index (κ3) is 4.54. The van der Waals surface area contributed by atoms with Gasteiger partial charge in [0, 0.05) is 12.2 Å². The Bertz CT molecular complexity index is 714. The minimum absolute atomic E-state index is 0.207. The molecule has 0 aliphatic rings. The van der Waals surface area contributed by atoms with Crippen molar-refractivity contribution in [3.8, 4) is 5.75 Å². The van der Waals surface area contributed by atoms with Crippen LogP contribution in [0.3, 0.4) is 0 Å². The van der Waals surface area contributed by atoms with Crippen LogP contribution in [0, 0.1) is 12.7 Å². The summed E-state index contributed by atoms with van der Waals surface area (Å²) in [6.07, 6.45) is 0. The Balaban J connectivity index is 1.92. The third-order valence-electron chi connectivity index (χ3n) is 3.27. The van der Waals surface area contributed by atoms with E-state index in [1.807, 2.05) is 0 Å². The van der Waals surface area contributed by atoms with Gasteiger partial charge in [0.25, 0.3) is 0 Å². The third-order valence-corrected chi connectivity index (χ3v) is 3.27. The predicted octanol–water partition coefficient (Wildman–Crippen LogP) is 2.40. The summed E-state index contributed by atoms with van der Waals surface area (Å²) < 4.78 is 18.2. The largest absolute Gasteiger partial charge is 0.497 e. The summed E-state index contributed by atoms with van der Waals surface area (Å²) in [5, 5.41) is 4.90. The van der Waals surface area contributed by atoms with Gasteiger partial charge >= 0.3 is 11.8 Å². The van der Waals surface area contributed by atoms with Crippen molar-refractivity contribution < 1.29 is 18.7 Å². The lowest BCUT2D eigenvalue weighted by molar-refractivity contribution is -0.136. The van der Waals surface area contributed by atoms with E-state index in [0.717, 1.165) is 5.56 Å². The molecule has 0 atom stereocenters. The normalized spacial score (nSPS) is 10.0. The number of amides is 2. The number of halogens is 1. The number of carbonyl (C=O) groups is 2. The summed E-state index contributed by atoms with van der Waals surface area (Å²) in [6, 6.07) is 11.1. The summed E-state index contributed by atoms with van der Waals surface area (Å²) >= 11 is 0. The SMILES string of the molecule is COc1ccc(CNC(=O)C(=O)Nc2cc(F)ccc2C)cc1. The molecular formula is C17H17FN2O3. The summed E-state index contributed by atoms with van der Waals surface area (Å²) in [5.41, 5.74) is 1.77. The van der Waals surface area contributed by atoms with E-state index in [1.165, 1.54) is 18.2 Å². The highest BCUT2D eigenvalue weighted by atomic mass is 19.1. The summed E-state index contributed by atoms with van der Waals surface area (Å²) in [4.78, 5) is 23.6. The first-order valence-electron chi connectivity index (χ1n) is 6.98. The molecule has 0 saturated heterocycles. The van der Waals surface area contributed by atoms with Gasteiger partial charge in [0.05, 0.1) is 7.11 Å². The average molecular weight is 316 g/mol. The lowest BCUT2D eigenvalue weighted by atomic mass is 10.2. The number of nitrogens with one attached hydrogen (secondary N) is 2. The van der Waals surface area contributed by atoms with E-state index in [1.54, 1.807) is 38.3 Å². The number of hydrogen-bond donors (Lipinski definition) is 2. The number of aryl methyl sites for hydroxylation is 1. The number of rotatable bonds is 4. The molecule has 2 amide bonds. The Morgan fingerprint density at radius 3 is 2.43 bits per heavy atom. The van der Waals surface area contributed by atoms with E-state index >= 15 is 0 Å². The Morgan fingerprint density at radius 2 is 1.78 bits per heavy atom. The van der Waals surface area contributed by atoms with Gasteiger partial charge in [0.1, 0.15) is 11.6 Å². The van der Waals surface area contributed by atoms with Gasteiger partial charge in [0.2, 0.25) is 0 Å². The van der Waals surface area contributed by atoms with Gasteiger partial charge in [-0.3, -0.25) is 9.59 Å². The Morgan fingerprint density at radius 1 is 1.09 bits per heavy atom. The van der Waals surface area contributed by atoms with E-state index in [2.05, 4.69) is 10.6 Å². The molecule has 2 rings (SSSR count). The van der Waals surface area contributed by atoms with E-state index in [0.29, 0.717) is 11.3 Å². The first-order chi connectivity index (χ1) is 11.0. The van der Waals surface area contributed by atoms with Crippen molar-refractivity contribution in [2.75, 3.05) is 12.4 Å². The molecule has 120 valence electrons. The lowest BCUT2D eigenvalue weighted by Crippen LogP contribution is -2.35. The van der Waals surface area contributed by atoms with Crippen LogP contribution in [-0.2, 0) is 16.1 Å². The lowest BCUT2D eigenvalue weighted by Gasteiger charge is -2.09. The molecule has 6 heteroatoms. The van der Waals surface area contributed by atoms with Gasteiger partial charge in [-0.05, 0) is 42.3 Å². The number of carbonyl (C=O) groups excluding carboxylic acids is 2. The molecule has 2 aromatic carbocycles. The number of methoxy groups -OCH3 is 1. The van der Waals surface area contributed by atoms with Gasteiger partial charge < -0.3 is 15.4 Å². The zero-order chi connectivity index (χ0) is 16.8. The topological polar surface area (TPSA) is 67.4 Å². The molecule has 2 N–H and O–H groups in total. The zero-order valence-electron chi connectivity index (χ0n) is 12.9. The molecule has 0 aliphatic heterocycles. The Labute approximate surface area is 133 Å². The minimum Gasteiger partial charge on any atom is -0.497 e. The smallest absolute Gasteiger partial charge is 0.313 e. The number of hydrogen-bond acceptors (Lipinski definition) is 3. The van der Waals surface area contributed by atoms with Crippen molar-refractivity contribution in [2.24, 2.45) is 0 Å². The van der Waals surface area contributed by atoms with Crippen LogP contribution in [0.4, 0.5) is 10.1 Å². The molecule has 5 nitrogen and oxygen atoms in total. The maximum atomic E-state index is 13.2. The van der Waals surface area contributed by atoms with Crippen LogP contribution in [0.1, 0.15) is 11.1 Å². The zero-order valence-corrected chi connectivity index (χ0v) is 12.9. The second-order valence-corrected chi connectivity index (χ2v) is 4.94. The molecule has 0 bridgehead atoms. The van der Waals surface area contributed by atoms with Crippen LogP contribution < -0.4 is 15.4 Å². The highest BCUT2D eigenvalue weighted by Gasteiger charge is 2.14. The molecule has 0 radical (unpaired) electrons. The van der Waals surface area contributed by atoms with Gasteiger partial charge in [-0.1, -0.05) is 18.2 Å². The fourth-order valence-corrected chi connectivity index (χ4v) is 1.91. The molecule has 2 aromatic rings. The summed E-state index contributed by atoms with van der Waals surface area (Å²) in [5.74, 6) is -1.40. The van der Waals surface area contributed by atoms with Crippen molar-refractivity contribution in [1.29, 1.82) is 0 Å². The van der Waals surface area contributed by atoms with Crippen molar-refractivity contribution in [3.63, 3.8) is 0 Å². The quantitative estimate of drug-likeness (QED) is 0.851. The molecule has 0 saturated carbocycles. The monoisotopic (exact) mass is 316 g/mol. The van der Waals surface area contributed by atoms with Crippen LogP contribution >= 0.6 is 0 Å². The second-order valence-electron chi connectivity index (χ2n) is 4.94. The van der Waals surface area contributed by atoms with E-state index in [-0.39, 0.29) is 12.2 Å².